The van der Waals surface area contributed by atoms with Gasteiger partial charge in [-0.25, -0.2) is 0 Å². The van der Waals surface area contributed by atoms with E-state index in [2.05, 4.69) is 41.5 Å². The molecular weight excluding hydrogens is 422 g/mol. The zero-order valence-electron chi connectivity index (χ0n) is 24.0. The first-order valence-electron chi connectivity index (χ1n) is 15.6. The second kappa shape index (κ2) is 22.3. The first kappa shape index (κ1) is 32.9. The maximum atomic E-state index is 2.41. The van der Waals surface area contributed by atoms with E-state index < -0.39 is 14.5 Å². The van der Waals surface area contributed by atoms with Gasteiger partial charge in [-0.1, -0.05) is 0 Å². The second-order valence-corrected chi connectivity index (χ2v) is 21.5. The first-order valence-corrected chi connectivity index (χ1v) is 21.2. The number of rotatable bonds is 25. The Morgan fingerprint density at radius 1 is 0.250 bits per heavy atom. The van der Waals surface area contributed by atoms with E-state index in [1.165, 1.54) is 77.0 Å². The minimum atomic E-state index is -0.999. The van der Waals surface area contributed by atoms with E-state index in [-0.39, 0.29) is 0 Å². The summed E-state index contributed by atoms with van der Waals surface area (Å²) in [7, 11) is -2.00. The Hall–Kier alpha value is 0.860. The molecule has 0 saturated heterocycles. The van der Waals surface area contributed by atoms with Crippen molar-refractivity contribution in [1.82, 2.24) is 0 Å². The zero-order valence-corrected chi connectivity index (χ0v) is 26.0. The quantitative estimate of drug-likeness (QED) is 0.0881. The topological polar surface area (TPSA) is 0 Å². The fourth-order valence-corrected chi connectivity index (χ4v) is 17.8. The molecule has 0 amide bonds. The fraction of sp³-hybridized carbons (Fsp3) is 1.00. The van der Waals surface area contributed by atoms with Crippen molar-refractivity contribution in [1.29, 1.82) is 0 Å². The van der Waals surface area contributed by atoms with Crippen LogP contribution in [-0.4, -0.2) is 49.3 Å². The van der Waals surface area contributed by atoms with Crippen molar-refractivity contribution in [2.75, 3.05) is 49.3 Å². The molecule has 0 aliphatic heterocycles. The van der Waals surface area contributed by atoms with E-state index in [4.69, 9.17) is 0 Å². The molecule has 2 heteroatoms. The summed E-state index contributed by atoms with van der Waals surface area (Å²) < 4.78 is 0. The molecule has 0 nitrogen and oxygen atoms in total. The van der Waals surface area contributed by atoms with E-state index in [1.54, 1.807) is 75.0 Å². The summed E-state index contributed by atoms with van der Waals surface area (Å²) >= 11 is 0. The van der Waals surface area contributed by atoms with Crippen LogP contribution >= 0.6 is 14.5 Å². The van der Waals surface area contributed by atoms with Crippen molar-refractivity contribution in [3.05, 3.63) is 0 Å². The molecule has 32 heavy (non-hydrogen) atoms. The summed E-state index contributed by atoms with van der Waals surface area (Å²) in [5.41, 5.74) is 0. The molecule has 0 aliphatic carbocycles. The number of hydrogen-bond donors (Lipinski definition) is 0. The molecule has 0 aromatic heterocycles. The average Bonchev–Trinajstić information content (AvgIpc) is 2.82. The van der Waals surface area contributed by atoms with E-state index in [0.717, 1.165) is 0 Å². The van der Waals surface area contributed by atoms with Crippen molar-refractivity contribution in [2.24, 2.45) is 0 Å². The molecule has 0 aliphatic rings. The molecule has 0 fully saturated rings. The van der Waals surface area contributed by atoms with Crippen molar-refractivity contribution in [3.8, 4) is 0 Å². The van der Waals surface area contributed by atoms with Gasteiger partial charge in [0.2, 0.25) is 0 Å². The molecule has 0 radical (unpaired) electrons. The summed E-state index contributed by atoms with van der Waals surface area (Å²) in [6.07, 6.45) is 36.9. The van der Waals surface area contributed by atoms with E-state index in [9.17, 15) is 0 Å². The predicted octanol–water partition coefficient (Wildman–Crippen LogP) is 10.8. The van der Waals surface area contributed by atoms with Gasteiger partial charge < -0.3 is 0 Å². The van der Waals surface area contributed by atoms with Gasteiger partial charge in [0.25, 0.3) is 0 Å². The van der Waals surface area contributed by atoms with Gasteiger partial charge >= 0.3 is 208 Å². The summed E-state index contributed by atoms with van der Waals surface area (Å²) in [5, 5.41) is 0. The predicted molar refractivity (Wildman–Crippen MR) is 163 cm³/mol. The first-order chi connectivity index (χ1) is 15.6. The fourth-order valence-electron chi connectivity index (χ4n) is 6.16. The summed E-state index contributed by atoms with van der Waals surface area (Å²) in [4.78, 5) is 0. The van der Waals surface area contributed by atoms with Crippen LogP contribution in [0.5, 0.6) is 0 Å². The summed E-state index contributed by atoms with van der Waals surface area (Å²) in [6.45, 7) is 14.4. The maximum absolute atomic E-state index is 2.41. The molecule has 198 valence electrons. The van der Waals surface area contributed by atoms with Crippen LogP contribution < -0.4 is 0 Å². The van der Waals surface area contributed by atoms with Gasteiger partial charge in [-0.2, -0.15) is 0 Å². The van der Waals surface area contributed by atoms with Crippen LogP contribution in [-0.2, 0) is 0 Å². The number of hydrogen-bond acceptors (Lipinski definition) is 0. The van der Waals surface area contributed by atoms with Gasteiger partial charge in [0.05, 0.1) is 0 Å². The van der Waals surface area contributed by atoms with Crippen LogP contribution in [0.15, 0.2) is 0 Å². The van der Waals surface area contributed by atoms with Gasteiger partial charge in [-0.15, -0.1) is 0 Å². The average molecular weight is 491 g/mol. The Kier molecular flexibility index (Phi) is 22.9. The Bertz CT molecular complexity index is 299. The van der Waals surface area contributed by atoms with Crippen molar-refractivity contribution < 1.29 is 0 Å². The van der Waals surface area contributed by atoms with Gasteiger partial charge in [-0.05, 0) is 0 Å². The van der Waals surface area contributed by atoms with E-state index in [1.807, 2.05) is 0 Å². The molecule has 0 unspecified atom stereocenters. The molecule has 0 bridgehead atoms. The van der Waals surface area contributed by atoms with E-state index in [0.29, 0.717) is 0 Å². The van der Waals surface area contributed by atoms with Gasteiger partial charge in [0, 0.05) is 0 Å². The van der Waals surface area contributed by atoms with Crippen molar-refractivity contribution in [3.63, 3.8) is 0 Å². The third kappa shape index (κ3) is 15.7. The SMILES string of the molecule is CCCC[PH](CCCC)(CCCC)CCCCCC[PH](CCCC)(CCCC)CCCC. The molecule has 0 aromatic rings. The molecule has 0 rings (SSSR count). The Labute approximate surface area is 207 Å². The molecule has 0 aromatic carbocycles. The van der Waals surface area contributed by atoms with Crippen LogP contribution in [0.1, 0.15) is 144 Å². The van der Waals surface area contributed by atoms with Gasteiger partial charge in [-0.3, -0.25) is 0 Å². The number of unbranched alkanes of at least 4 members (excludes halogenated alkanes) is 9. The van der Waals surface area contributed by atoms with Crippen LogP contribution in [0.25, 0.3) is 0 Å². The molecular formula is C30H68P2. The van der Waals surface area contributed by atoms with Crippen LogP contribution in [0.4, 0.5) is 0 Å². The Morgan fingerprint density at radius 2 is 0.438 bits per heavy atom. The molecule has 0 N–H and O–H groups in total. The zero-order chi connectivity index (χ0) is 24.0. The molecule has 0 spiro atoms. The van der Waals surface area contributed by atoms with Crippen molar-refractivity contribution >= 4 is 14.5 Å². The summed E-state index contributed by atoms with van der Waals surface area (Å²) in [5.74, 6) is 0. The van der Waals surface area contributed by atoms with Gasteiger partial charge in [0.1, 0.15) is 0 Å². The minimum absolute atomic E-state index is 0.999. The molecule has 0 atom stereocenters. The second-order valence-electron chi connectivity index (χ2n) is 11.5. The van der Waals surface area contributed by atoms with Crippen LogP contribution in [0.2, 0.25) is 0 Å². The molecule has 0 saturated carbocycles. The Morgan fingerprint density at radius 3 is 0.625 bits per heavy atom. The van der Waals surface area contributed by atoms with Crippen LogP contribution in [0.3, 0.4) is 0 Å². The molecule has 0 heterocycles. The Balaban J connectivity index is 4.72. The normalized spacial score (nSPS) is 13.6. The van der Waals surface area contributed by atoms with Gasteiger partial charge in [0.15, 0.2) is 0 Å². The van der Waals surface area contributed by atoms with E-state index >= 15 is 0 Å². The summed E-state index contributed by atoms with van der Waals surface area (Å²) in [6, 6.07) is 0. The van der Waals surface area contributed by atoms with Crippen LogP contribution in [0, 0.1) is 0 Å². The van der Waals surface area contributed by atoms with Crippen molar-refractivity contribution in [2.45, 2.75) is 144 Å². The third-order valence-electron chi connectivity index (χ3n) is 8.53. The third-order valence-corrected chi connectivity index (χ3v) is 19.8. The standard InChI is InChI=1S/C30H68P2/c1-7-13-23-31(24-14-8-2,25-15-9-3)29-21-19-20-22-30-32(26-16-10-4,27-17-11-5)28-18-12-6/h31-32H,7-30H2,1-6H3. The monoisotopic (exact) mass is 490 g/mol.